The summed E-state index contributed by atoms with van der Waals surface area (Å²) < 4.78 is 0. The molecular weight excluding hydrogens is 188 g/mol. The molecule has 0 aromatic carbocycles. The molecule has 1 aliphatic rings. The lowest BCUT2D eigenvalue weighted by molar-refractivity contribution is -0.138. The van der Waals surface area contributed by atoms with E-state index in [0.29, 0.717) is 11.8 Å². The molecule has 76 valence electrons. The Balaban J connectivity index is 2.39. The molecule has 0 aromatic heterocycles. The predicted molar refractivity (Wildman–Crippen MR) is 53.0 cm³/mol. The second kappa shape index (κ2) is 5.48. The highest BCUT2D eigenvalue weighted by Crippen LogP contribution is 2.32. The molecule has 0 aromatic rings. The van der Waals surface area contributed by atoms with Gasteiger partial charge in [0.15, 0.2) is 0 Å². The lowest BCUT2D eigenvalue weighted by Crippen LogP contribution is -2.22. The molecular formula is C10H17ClO2. The minimum Gasteiger partial charge on any atom is -0.481 e. The van der Waals surface area contributed by atoms with Crippen LogP contribution in [0.25, 0.3) is 0 Å². The van der Waals surface area contributed by atoms with Crippen LogP contribution >= 0.6 is 11.6 Å². The molecule has 1 unspecified atom stereocenters. The Morgan fingerprint density at radius 1 is 1.38 bits per heavy atom. The summed E-state index contributed by atoms with van der Waals surface area (Å²) in [5, 5.41) is 8.69. The monoisotopic (exact) mass is 204 g/mol. The molecule has 1 aliphatic carbocycles. The summed E-state index contributed by atoms with van der Waals surface area (Å²) >= 11 is 5.78. The predicted octanol–water partition coefficient (Wildman–Crippen LogP) is 2.90. The fourth-order valence-electron chi connectivity index (χ4n) is 2.18. The summed E-state index contributed by atoms with van der Waals surface area (Å²) in [6.07, 6.45) is 6.39. The van der Waals surface area contributed by atoms with E-state index in [-0.39, 0.29) is 12.3 Å². The Bertz CT molecular complexity index is 164. The first kappa shape index (κ1) is 10.8. The van der Waals surface area contributed by atoms with Crippen LogP contribution in [0, 0.1) is 11.8 Å². The largest absolute Gasteiger partial charge is 0.481 e. The van der Waals surface area contributed by atoms with Gasteiger partial charge in [-0.2, -0.15) is 0 Å². The lowest BCUT2D eigenvalue weighted by atomic mass is 9.79. The maximum Gasteiger partial charge on any atom is 0.303 e. The SMILES string of the molecule is O=C(O)CC(CCl)C1CCCCC1. The van der Waals surface area contributed by atoms with Crippen LogP contribution in [-0.4, -0.2) is 17.0 Å². The topological polar surface area (TPSA) is 37.3 Å². The molecule has 2 nitrogen and oxygen atoms in total. The van der Waals surface area contributed by atoms with Gasteiger partial charge in [0.2, 0.25) is 0 Å². The molecule has 1 N–H and O–H groups in total. The normalized spacial score (nSPS) is 21.3. The van der Waals surface area contributed by atoms with Crippen molar-refractivity contribution in [1.29, 1.82) is 0 Å². The van der Waals surface area contributed by atoms with Crippen LogP contribution in [-0.2, 0) is 4.79 Å². The number of halogens is 1. The van der Waals surface area contributed by atoms with E-state index in [1.807, 2.05) is 0 Å². The van der Waals surface area contributed by atoms with Gasteiger partial charge in [-0.3, -0.25) is 4.79 Å². The van der Waals surface area contributed by atoms with E-state index in [2.05, 4.69) is 0 Å². The van der Waals surface area contributed by atoms with E-state index in [9.17, 15) is 4.79 Å². The Kier molecular flexibility index (Phi) is 4.57. The fraction of sp³-hybridized carbons (Fsp3) is 0.900. The number of alkyl halides is 1. The average molecular weight is 205 g/mol. The van der Waals surface area contributed by atoms with Gasteiger partial charge in [-0.25, -0.2) is 0 Å². The van der Waals surface area contributed by atoms with Crippen LogP contribution in [0.1, 0.15) is 38.5 Å². The van der Waals surface area contributed by atoms with Crippen molar-refractivity contribution >= 4 is 17.6 Å². The first-order valence-corrected chi connectivity index (χ1v) is 5.55. The molecule has 0 bridgehead atoms. The third-order valence-electron chi connectivity index (χ3n) is 2.95. The molecule has 1 fully saturated rings. The van der Waals surface area contributed by atoms with Gasteiger partial charge < -0.3 is 5.11 Å². The van der Waals surface area contributed by atoms with Crippen molar-refractivity contribution in [2.45, 2.75) is 38.5 Å². The zero-order chi connectivity index (χ0) is 9.68. The Hall–Kier alpha value is -0.240. The summed E-state index contributed by atoms with van der Waals surface area (Å²) in [7, 11) is 0. The summed E-state index contributed by atoms with van der Waals surface area (Å²) in [6, 6.07) is 0. The van der Waals surface area contributed by atoms with Crippen LogP contribution in [0.5, 0.6) is 0 Å². The molecule has 1 atom stereocenters. The van der Waals surface area contributed by atoms with Gasteiger partial charge >= 0.3 is 5.97 Å². The van der Waals surface area contributed by atoms with Crippen molar-refractivity contribution < 1.29 is 9.90 Å². The van der Waals surface area contributed by atoms with Gasteiger partial charge in [0.25, 0.3) is 0 Å². The number of rotatable bonds is 4. The molecule has 0 spiro atoms. The van der Waals surface area contributed by atoms with Crippen molar-refractivity contribution in [2.24, 2.45) is 11.8 Å². The van der Waals surface area contributed by atoms with Gasteiger partial charge in [0, 0.05) is 12.3 Å². The summed E-state index contributed by atoms with van der Waals surface area (Å²) in [4.78, 5) is 10.6. The number of aliphatic carboxylic acids is 1. The molecule has 1 rings (SSSR count). The highest BCUT2D eigenvalue weighted by molar-refractivity contribution is 6.18. The third kappa shape index (κ3) is 3.55. The maximum atomic E-state index is 10.6. The van der Waals surface area contributed by atoms with Gasteiger partial charge in [-0.05, 0) is 11.8 Å². The van der Waals surface area contributed by atoms with Gasteiger partial charge in [0.1, 0.15) is 0 Å². The number of carboxylic acids is 1. The highest BCUT2D eigenvalue weighted by Gasteiger charge is 2.24. The molecule has 0 amide bonds. The molecule has 0 heterocycles. The lowest BCUT2D eigenvalue weighted by Gasteiger charge is -2.27. The van der Waals surface area contributed by atoms with E-state index in [0.717, 1.165) is 0 Å². The second-order valence-corrected chi connectivity index (χ2v) is 4.22. The van der Waals surface area contributed by atoms with Crippen molar-refractivity contribution in [3.8, 4) is 0 Å². The third-order valence-corrected chi connectivity index (χ3v) is 3.35. The van der Waals surface area contributed by atoms with Gasteiger partial charge in [-0.1, -0.05) is 32.1 Å². The van der Waals surface area contributed by atoms with Crippen LogP contribution < -0.4 is 0 Å². The van der Waals surface area contributed by atoms with E-state index in [1.54, 1.807) is 0 Å². The number of carboxylic acid groups (broad SMARTS) is 1. The van der Waals surface area contributed by atoms with Crippen molar-refractivity contribution in [3.05, 3.63) is 0 Å². The van der Waals surface area contributed by atoms with Gasteiger partial charge in [0.05, 0.1) is 0 Å². The number of hydrogen-bond donors (Lipinski definition) is 1. The maximum absolute atomic E-state index is 10.6. The summed E-state index contributed by atoms with van der Waals surface area (Å²) in [5.41, 5.74) is 0. The fourth-order valence-corrected chi connectivity index (χ4v) is 2.54. The smallest absolute Gasteiger partial charge is 0.303 e. The van der Waals surface area contributed by atoms with Crippen molar-refractivity contribution in [2.75, 3.05) is 5.88 Å². The molecule has 1 saturated carbocycles. The standard InChI is InChI=1S/C10H17ClO2/c11-7-9(6-10(12)13)8-4-2-1-3-5-8/h8-9H,1-7H2,(H,12,13). The Morgan fingerprint density at radius 3 is 2.46 bits per heavy atom. The average Bonchev–Trinajstić information content (AvgIpc) is 2.15. The van der Waals surface area contributed by atoms with E-state index < -0.39 is 5.97 Å². The minimum atomic E-state index is -0.712. The van der Waals surface area contributed by atoms with Crippen LogP contribution in [0.2, 0.25) is 0 Å². The van der Waals surface area contributed by atoms with Crippen LogP contribution in [0.4, 0.5) is 0 Å². The molecule has 0 aliphatic heterocycles. The molecule has 13 heavy (non-hydrogen) atoms. The van der Waals surface area contributed by atoms with Crippen LogP contribution in [0.15, 0.2) is 0 Å². The van der Waals surface area contributed by atoms with Crippen LogP contribution in [0.3, 0.4) is 0 Å². The zero-order valence-electron chi connectivity index (χ0n) is 7.84. The Morgan fingerprint density at radius 2 is 2.00 bits per heavy atom. The summed E-state index contributed by atoms with van der Waals surface area (Å²) in [5.74, 6) is 0.537. The minimum absolute atomic E-state index is 0.194. The highest BCUT2D eigenvalue weighted by atomic mass is 35.5. The van der Waals surface area contributed by atoms with E-state index in [4.69, 9.17) is 16.7 Å². The molecule has 0 radical (unpaired) electrons. The van der Waals surface area contributed by atoms with Crippen molar-refractivity contribution in [1.82, 2.24) is 0 Å². The van der Waals surface area contributed by atoms with Gasteiger partial charge in [-0.15, -0.1) is 11.6 Å². The first-order chi connectivity index (χ1) is 6.24. The second-order valence-electron chi connectivity index (χ2n) is 3.91. The van der Waals surface area contributed by atoms with E-state index in [1.165, 1.54) is 32.1 Å². The quantitative estimate of drug-likeness (QED) is 0.715. The van der Waals surface area contributed by atoms with Crippen molar-refractivity contribution in [3.63, 3.8) is 0 Å². The number of carbonyl (C=O) groups is 1. The zero-order valence-corrected chi connectivity index (χ0v) is 8.59. The Labute approximate surface area is 84.3 Å². The first-order valence-electron chi connectivity index (χ1n) is 5.01. The molecule has 3 heteroatoms. The van der Waals surface area contributed by atoms with E-state index >= 15 is 0 Å². The summed E-state index contributed by atoms with van der Waals surface area (Å²) in [6.45, 7) is 0. The number of hydrogen-bond acceptors (Lipinski definition) is 1. The molecule has 0 saturated heterocycles.